The van der Waals surface area contributed by atoms with E-state index in [0.29, 0.717) is 18.4 Å². The van der Waals surface area contributed by atoms with E-state index in [-0.39, 0.29) is 5.54 Å². The third-order valence-electron chi connectivity index (χ3n) is 3.42. The maximum atomic E-state index is 5.82. The minimum absolute atomic E-state index is 0.00637. The van der Waals surface area contributed by atoms with Gasteiger partial charge in [-0.05, 0) is 46.5 Å². The minimum Gasteiger partial charge on any atom is -0.476 e. The quantitative estimate of drug-likeness (QED) is 0.793. The first kappa shape index (κ1) is 16.9. The lowest BCUT2D eigenvalue weighted by Gasteiger charge is -2.31. The molecule has 0 saturated carbocycles. The summed E-state index contributed by atoms with van der Waals surface area (Å²) in [6.07, 6.45) is 0. The second-order valence-corrected chi connectivity index (χ2v) is 6.49. The van der Waals surface area contributed by atoms with Gasteiger partial charge in [-0.25, -0.2) is 4.98 Å². The number of pyridine rings is 1. The van der Waals surface area contributed by atoms with Gasteiger partial charge < -0.3 is 15.0 Å². The molecule has 1 aromatic heterocycles. The summed E-state index contributed by atoms with van der Waals surface area (Å²) in [5, 5.41) is 3.39. The normalized spacial score (nSPS) is 12.2. The minimum atomic E-state index is -0.00637. The molecule has 4 heteroatoms. The molecule has 114 valence electrons. The average Bonchev–Trinajstić information content (AvgIpc) is 2.36. The Morgan fingerprint density at radius 2 is 2.00 bits per heavy atom. The number of aromatic nitrogens is 1. The molecule has 0 spiro atoms. The molecule has 0 aliphatic heterocycles. The highest BCUT2D eigenvalue weighted by Crippen LogP contribution is 2.14. The molecule has 0 aliphatic rings. The Morgan fingerprint density at radius 3 is 2.60 bits per heavy atom. The fourth-order valence-electron chi connectivity index (χ4n) is 1.50. The Hall–Kier alpha value is -1.13. The Bertz CT molecular complexity index is 402. The second-order valence-electron chi connectivity index (χ2n) is 6.49. The molecule has 0 aromatic carbocycles. The van der Waals surface area contributed by atoms with E-state index in [0.717, 1.165) is 18.8 Å². The van der Waals surface area contributed by atoms with Crippen LogP contribution in [-0.2, 0) is 6.54 Å². The van der Waals surface area contributed by atoms with Gasteiger partial charge in [0.1, 0.15) is 6.61 Å². The summed E-state index contributed by atoms with van der Waals surface area (Å²) in [4.78, 5) is 6.68. The number of hydrogen-bond donors (Lipinski definition) is 1. The lowest BCUT2D eigenvalue weighted by atomic mass is 10.1. The number of nitrogens with zero attached hydrogens (tertiary/aromatic N) is 2. The zero-order chi connectivity index (χ0) is 15.2. The molecule has 0 bridgehead atoms. The van der Waals surface area contributed by atoms with E-state index in [4.69, 9.17) is 4.74 Å². The van der Waals surface area contributed by atoms with Crippen molar-refractivity contribution in [2.75, 3.05) is 27.2 Å². The van der Waals surface area contributed by atoms with E-state index in [9.17, 15) is 0 Å². The van der Waals surface area contributed by atoms with Gasteiger partial charge in [-0.15, -0.1) is 0 Å². The number of likely N-dealkylation sites (N-methyl/N-ethyl adjacent to an activating group) is 1. The van der Waals surface area contributed by atoms with Crippen molar-refractivity contribution < 1.29 is 4.74 Å². The summed E-state index contributed by atoms with van der Waals surface area (Å²) < 4.78 is 5.82. The first-order valence-electron chi connectivity index (χ1n) is 7.28. The number of ether oxygens (including phenoxy) is 1. The molecule has 0 radical (unpaired) electrons. The second kappa shape index (κ2) is 7.60. The highest BCUT2D eigenvalue weighted by Gasteiger charge is 2.21. The Kier molecular flexibility index (Phi) is 6.43. The van der Waals surface area contributed by atoms with Crippen molar-refractivity contribution in [3.05, 3.63) is 23.9 Å². The molecule has 1 N–H and O–H groups in total. The van der Waals surface area contributed by atoms with Crippen LogP contribution >= 0.6 is 0 Å². The summed E-state index contributed by atoms with van der Waals surface area (Å²) in [6.45, 7) is 11.1. The molecule has 20 heavy (non-hydrogen) atoms. The van der Waals surface area contributed by atoms with Crippen LogP contribution in [-0.4, -0.2) is 42.7 Å². The first-order chi connectivity index (χ1) is 9.31. The molecule has 4 nitrogen and oxygen atoms in total. The van der Waals surface area contributed by atoms with E-state index in [1.165, 1.54) is 0 Å². The van der Waals surface area contributed by atoms with Gasteiger partial charge >= 0.3 is 0 Å². The van der Waals surface area contributed by atoms with Gasteiger partial charge in [0, 0.05) is 18.2 Å². The van der Waals surface area contributed by atoms with Crippen LogP contribution in [0.5, 0.6) is 5.88 Å². The van der Waals surface area contributed by atoms with Gasteiger partial charge in [0.2, 0.25) is 5.88 Å². The lowest BCUT2D eigenvalue weighted by Crippen LogP contribution is -2.43. The van der Waals surface area contributed by atoms with Gasteiger partial charge in [0.25, 0.3) is 0 Å². The largest absolute Gasteiger partial charge is 0.476 e. The summed E-state index contributed by atoms with van der Waals surface area (Å²) in [7, 11) is 4.12. The van der Waals surface area contributed by atoms with Crippen molar-refractivity contribution in [3.8, 4) is 5.88 Å². The molecule has 0 unspecified atom stereocenters. The molecule has 1 heterocycles. The average molecular weight is 279 g/mol. The molecule has 0 atom stereocenters. The summed E-state index contributed by atoms with van der Waals surface area (Å²) in [5.74, 6) is 1.35. The van der Waals surface area contributed by atoms with Crippen LogP contribution in [0.3, 0.4) is 0 Å². The highest BCUT2D eigenvalue weighted by atomic mass is 16.5. The topological polar surface area (TPSA) is 37.4 Å². The van der Waals surface area contributed by atoms with E-state index in [2.05, 4.69) is 57.0 Å². The molecule has 0 fully saturated rings. The molecule has 0 saturated heterocycles. The molecule has 1 rings (SSSR count). The predicted molar refractivity (Wildman–Crippen MR) is 84.0 cm³/mol. The van der Waals surface area contributed by atoms with E-state index >= 15 is 0 Å². The van der Waals surface area contributed by atoms with Crippen LogP contribution in [0.1, 0.15) is 33.4 Å². The SMILES string of the molecule is CC(C)CNCc1cccc(OCC(C)(C)N(C)C)n1. The Balaban J connectivity index is 2.51. The third kappa shape index (κ3) is 5.88. The molecular formula is C16H29N3O. The van der Waals surface area contributed by atoms with Crippen LogP contribution in [0.2, 0.25) is 0 Å². The number of hydrogen-bond acceptors (Lipinski definition) is 4. The van der Waals surface area contributed by atoms with Gasteiger partial charge in [-0.2, -0.15) is 0 Å². The number of nitrogens with one attached hydrogen (secondary N) is 1. The van der Waals surface area contributed by atoms with Crippen molar-refractivity contribution in [3.63, 3.8) is 0 Å². The zero-order valence-electron chi connectivity index (χ0n) is 13.7. The van der Waals surface area contributed by atoms with Crippen LogP contribution in [0, 0.1) is 5.92 Å². The number of rotatable bonds is 8. The Morgan fingerprint density at radius 1 is 1.30 bits per heavy atom. The Labute approximate surface area is 123 Å². The lowest BCUT2D eigenvalue weighted by molar-refractivity contribution is 0.111. The highest BCUT2D eigenvalue weighted by molar-refractivity contribution is 5.16. The molecular weight excluding hydrogens is 250 g/mol. The maximum absolute atomic E-state index is 5.82. The van der Waals surface area contributed by atoms with Crippen molar-refractivity contribution in [1.82, 2.24) is 15.2 Å². The van der Waals surface area contributed by atoms with E-state index in [1.54, 1.807) is 0 Å². The molecule has 0 aliphatic carbocycles. The first-order valence-corrected chi connectivity index (χ1v) is 7.28. The summed E-state index contributed by atoms with van der Waals surface area (Å²) in [6, 6.07) is 5.94. The summed E-state index contributed by atoms with van der Waals surface area (Å²) >= 11 is 0. The fourth-order valence-corrected chi connectivity index (χ4v) is 1.50. The van der Waals surface area contributed by atoms with Crippen LogP contribution in [0.4, 0.5) is 0 Å². The smallest absolute Gasteiger partial charge is 0.213 e. The zero-order valence-corrected chi connectivity index (χ0v) is 13.7. The van der Waals surface area contributed by atoms with Crippen molar-refractivity contribution in [2.45, 2.75) is 39.8 Å². The predicted octanol–water partition coefficient (Wildman–Crippen LogP) is 2.55. The van der Waals surface area contributed by atoms with Crippen molar-refractivity contribution in [2.24, 2.45) is 5.92 Å². The third-order valence-corrected chi connectivity index (χ3v) is 3.42. The van der Waals surface area contributed by atoms with Gasteiger partial charge in [0.15, 0.2) is 0 Å². The van der Waals surface area contributed by atoms with E-state index in [1.807, 2.05) is 18.2 Å². The van der Waals surface area contributed by atoms with Gasteiger partial charge in [-0.1, -0.05) is 19.9 Å². The fraction of sp³-hybridized carbons (Fsp3) is 0.688. The monoisotopic (exact) mass is 279 g/mol. The standard InChI is InChI=1S/C16H29N3O/c1-13(2)10-17-11-14-8-7-9-15(18-14)20-12-16(3,4)19(5)6/h7-9,13,17H,10-12H2,1-6H3. The van der Waals surface area contributed by atoms with Crippen LogP contribution < -0.4 is 10.1 Å². The van der Waals surface area contributed by atoms with Crippen molar-refractivity contribution >= 4 is 0 Å². The van der Waals surface area contributed by atoms with Crippen LogP contribution in [0.15, 0.2) is 18.2 Å². The summed E-state index contributed by atoms with van der Waals surface area (Å²) in [5.41, 5.74) is 1.01. The van der Waals surface area contributed by atoms with Gasteiger partial charge in [-0.3, -0.25) is 0 Å². The van der Waals surface area contributed by atoms with Crippen molar-refractivity contribution in [1.29, 1.82) is 0 Å². The van der Waals surface area contributed by atoms with Crippen LogP contribution in [0.25, 0.3) is 0 Å². The van der Waals surface area contributed by atoms with E-state index < -0.39 is 0 Å². The maximum Gasteiger partial charge on any atom is 0.213 e. The van der Waals surface area contributed by atoms with Gasteiger partial charge in [0.05, 0.1) is 5.69 Å². The molecule has 1 aromatic rings. The molecule has 0 amide bonds.